The Morgan fingerprint density at radius 1 is 1.07 bits per heavy atom. The summed E-state index contributed by atoms with van der Waals surface area (Å²) in [6.07, 6.45) is 2.13. The van der Waals surface area contributed by atoms with Gasteiger partial charge in [-0.25, -0.2) is 0 Å². The van der Waals surface area contributed by atoms with Gasteiger partial charge in [-0.05, 0) is 48.6 Å². The number of nitrogens with zero attached hydrogens (tertiary/aromatic N) is 2. The van der Waals surface area contributed by atoms with Crippen LogP contribution < -0.4 is 0 Å². The molecule has 2 aromatic carbocycles. The Bertz CT molecular complexity index is 787. The van der Waals surface area contributed by atoms with Crippen molar-refractivity contribution >= 4 is 5.91 Å². The van der Waals surface area contributed by atoms with Crippen LogP contribution in [0.3, 0.4) is 0 Å². The van der Waals surface area contributed by atoms with Crippen LogP contribution in [0, 0.1) is 0 Å². The Hall–Kier alpha value is -2.17. The number of carbonyl (C=O) groups excluding carboxylic acids is 1. The maximum atomic E-state index is 12.8. The maximum Gasteiger partial charge on any atom is 0.253 e. The lowest BCUT2D eigenvalue weighted by Crippen LogP contribution is -2.35. The zero-order valence-electron chi connectivity index (χ0n) is 16.1. The first-order valence-electron chi connectivity index (χ1n) is 9.98. The minimum atomic E-state index is 0.109. The van der Waals surface area contributed by atoms with Crippen LogP contribution in [0.2, 0.25) is 0 Å². The minimum Gasteiger partial charge on any atom is -0.377 e. The molecule has 27 heavy (non-hydrogen) atoms. The van der Waals surface area contributed by atoms with Gasteiger partial charge in [0, 0.05) is 44.9 Å². The van der Waals surface area contributed by atoms with Crippen molar-refractivity contribution in [1.29, 1.82) is 0 Å². The van der Waals surface area contributed by atoms with Crippen molar-refractivity contribution in [3.63, 3.8) is 0 Å². The maximum absolute atomic E-state index is 12.8. The van der Waals surface area contributed by atoms with Crippen LogP contribution >= 0.6 is 0 Å². The number of benzene rings is 2. The Kier molecular flexibility index (Phi) is 5.55. The van der Waals surface area contributed by atoms with Gasteiger partial charge in [-0.3, -0.25) is 9.69 Å². The van der Waals surface area contributed by atoms with E-state index in [1.807, 2.05) is 24.0 Å². The average molecular weight is 364 g/mol. The molecule has 0 aliphatic carbocycles. The lowest BCUT2D eigenvalue weighted by atomic mass is 9.99. The topological polar surface area (TPSA) is 32.8 Å². The van der Waals surface area contributed by atoms with E-state index in [1.54, 1.807) is 0 Å². The van der Waals surface area contributed by atoms with Crippen molar-refractivity contribution < 1.29 is 9.53 Å². The van der Waals surface area contributed by atoms with Crippen molar-refractivity contribution in [3.05, 3.63) is 70.8 Å². The largest absolute Gasteiger partial charge is 0.377 e. The van der Waals surface area contributed by atoms with E-state index in [4.69, 9.17) is 4.74 Å². The summed E-state index contributed by atoms with van der Waals surface area (Å²) in [6.45, 7) is 7.24. The van der Waals surface area contributed by atoms with Crippen LogP contribution in [-0.2, 0) is 24.2 Å². The number of ether oxygens (including phenoxy) is 1. The fourth-order valence-electron chi connectivity index (χ4n) is 4.06. The number of hydrogen-bond acceptors (Lipinski definition) is 3. The number of amides is 1. The molecule has 1 fully saturated rings. The molecule has 0 radical (unpaired) electrons. The molecule has 142 valence electrons. The van der Waals surface area contributed by atoms with Crippen molar-refractivity contribution in [3.8, 4) is 0 Å². The van der Waals surface area contributed by atoms with E-state index in [-0.39, 0.29) is 12.0 Å². The summed E-state index contributed by atoms with van der Waals surface area (Å²) in [6, 6.07) is 16.9. The highest BCUT2D eigenvalue weighted by Gasteiger charge is 2.21. The highest BCUT2D eigenvalue weighted by molar-refractivity contribution is 5.94. The van der Waals surface area contributed by atoms with Crippen molar-refractivity contribution in [2.75, 3.05) is 26.2 Å². The van der Waals surface area contributed by atoms with Gasteiger partial charge in [0.1, 0.15) is 0 Å². The molecule has 1 amide bonds. The number of hydrogen-bond donors (Lipinski definition) is 0. The SMILES string of the molecule is CC1CN(C(=O)c2ccc(CN3CCc4ccccc4C3)cc2)CCCO1. The van der Waals surface area contributed by atoms with Crippen LogP contribution in [0.1, 0.15) is 40.4 Å². The van der Waals surface area contributed by atoms with Crippen molar-refractivity contribution in [2.24, 2.45) is 0 Å². The fraction of sp³-hybridized carbons (Fsp3) is 0.435. The Morgan fingerprint density at radius 3 is 2.67 bits per heavy atom. The lowest BCUT2D eigenvalue weighted by Gasteiger charge is -2.28. The van der Waals surface area contributed by atoms with Gasteiger partial charge in [0.25, 0.3) is 5.91 Å². The molecule has 0 N–H and O–H groups in total. The van der Waals surface area contributed by atoms with E-state index in [2.05, 4.69) is 41.3 Å². The van der Waals surface area contributed by atoms with Gasteiger partial charge in [-0.2, -0.15) is 0 Å². The van der Waals surface area contributed by atoms with Gasteiger partial charge >= 0.3 is 0 Å². The lowest BCUT2D eigenvalue weighted by molar-refractivity contribution is 0.0562. The minimum absolute atomic E-state index is 0.109. The average Bonchev–Trinajstić information content (AvgIpc) is 2.92. The number of rotatable bonds is 3. The van der Waals surface area contributed by atoms with Gasteiger partial charge in [0.05, 0.1) is 6.10 Å². The van der Waals surface area contributed by atoms with Gasteiger partial charge in [-0.15, -0.1) is 0 Å². The van der Waals surface area contributed by atoms with E-state index in [0.717, 1.165) is 51.2 Å². The molecule has 1 saturated heterocycles. The summed E-state index contributed by atoms with van der Waals surface area (Å²) in [5, 5.41) is 0. The van der Waals surface area contributed by atoms with Crippen LogP contribution in [0.25, 0.3) is 0 Å². The van der Waals surface area contributed by atoms with Gasteiger partial charge in [0.15, 0.2) is 0 Å². The van der Waals surface area contributed by atoms with Crippen LogP contribution in [-0.4, -0.2) is 48.1 Å². The van der Waals surface area contributed by atoms with Gasteiger partial charge < -0.3 is 9.64 Å². The second kappa shape index (κ2) is 8.24. The molecule has 1 atom stereocenters. The molecular formula is C23H28N2O2. The molecule has 4 rings (SSSR count). The third-order valence-corrected chi connectivity index (χ3v) is 5.56. The van der Waals surface area contributed by atoms with E-state index in [9.17, 15) is 4.79 Å². The van der Waals surface area contributed by atoms with E-state index >= 15 is 0 Å². The zero-order valence-corrected chi connectivity index (χ0v) is 16.1. The first-order valence-corrected chi connectivity index (χ1v) is 9.98. The van der Waals surface area contributed by atoms with Gasteiger partial charge in [-0.1, -0.05) is 36.4 Å². The number of carbonyl (C=O) groups is 1. The third kappa shape index (κ3) is 4.40. The first-order chi connectivity index (χ1) is 13.2. The van der Waals surface area contributed by atoms with Gasteiger partial charge in [0.2, 0.25) is 0 Å². The second-order valence-electron chi connectivity index (χ2n) is 7.71. The molecule has 2 aliphatic rings. The monoisotopic (exact) mass is 364 g/mol. The normalized spacial score (nSPS) is 20.8. The highest BCUT2D eigenvalue weighted by atomic mass is 16.5. The molecule has 0 aromatic heterocycles. The summed E-state index contributed by atoms with van der Waals surface area (Å²) >= 11 is 0. The standard InChI is InChI=1S/C23H28N2O2/c1-18-15-25(12-4-14-27-18)23(26)21-9-7-19(8-10-21)16-24-13-11-20-5-2-3-6-22(20)17-24/h2-3,5-10,18H,4,11-17H2,1H3. The first kappa shape index (κ1) is 18.2. The molecule has 2 aromatic rings. The Morgan fingerprint density at radius 2 is 1.85 bits per heavy atom. The summed E-state index contributed by atoms with van der Waals surface area (Å²) in [5.41, 5.74) is 4.95. The molecule has 1 unspecified atom stereocenters. The molecule has 2 aliphatic heterocycles. The van der Waals surface area contributed by atoms with Crippen molar-refractivity contribution in [1.82, 2.24) is 9.80 Å². The fourth-order valence-corrected chi connectivity index (χ4v) is 4.06. The van der Waals surface area contributed by atoms with Crippen LogP contribution in [0.5, 0.6) is 0 Å². The highest BCUT2D eigenvalue weighted by Crippen LogP contribution is 2.20. The molecular weight excluding hydrogens is 336 g/mol. The van der Waals surface area contributed by atoms with E-state index in [0.29, 0.717) is 6.54 Å². The number of fused-ring (bicyclic) bond motifs is 1. The second-order valence-corrected chi connectivity index (χ2v) is 7.71. The summed E-state index contributed by atoms with van der Waals surface area (Å²) in [7, 11) is 0. The predicted octanol–water partition coefficient (Wildman–Crippen LogP) is 3.50. The third-order valence-electron chi connectivity index (χ3n) is 5.56. The molecule has 0 bridgehead atoms. The summed E-state index contributed by atoms with van der Waals surface area (Å²) < 4.78 is 5.65. The predicted molar refractivity (Wildman–Crippen MR) is 107 cm³/mol. The van der Waals surface area contributed by atoms with E-state index < -0.39 is 0 Å². The molecule has 0 saturated carbocycles. The Balaban J connectivity index is 1.38. The molecule has 2 heterocycles. The molecule has 0 spiro atoms. The molecule has 4 heteroatoms. The van der Waals surface area contributed by atoms with Crippen LogP contribution in [0.15, 0.2) is 48.5 Å². The van der Waals surface area contributed by atoms with Crippen LogP contribution in [0.4, 0.5) is 0 Å². The summed E-state index contributed by atoms with van der Waals surface area (Å²) in [5.74, 6) is 0.116. The quantitative estimate of drug-likeness (QED) is 0.836. The zero-order chi connectivity index (χ0) is 18.6. The molecule has 4 nitrogen and oxygen atoms in total. The summed E-state index contributed by atoms with van der Waals surface area (Å²) in [4.78, 5) is 17.2. The Labute approximate surface area is 161 Å². The smallest absolute Gasteiger partial charge is 0.253 e. The van der Waals surface area contributed by atoms with E-state index in [1.165, 1.54) is 16.7 Å². The van der Waals surface area contributed by atoms with Crippen molar-refractivity contribution in [2.45, 2.75) is 39.0 Å².